The summed E-state index contributed by atoms with van der Waals surface area (Å²) in [6, 6.07) is 7.22. The van der Waals surface area contributed by atoms with E-state index in [1.165, 1.54) is 0 Å². The highest BCUT2D eigenvalue weighted by atomic mass is 32.1. The maximum Gasteiger partial charge on any atom is 0.338 e. The van der Waals surface area contributed by atoms with Crippen LogP contribution in [0.2, 0.25) is 0 Å². The molecular weight excluding hydrogens is 334 g/mol. The van der Waals surface area contributed by atoms with E-state index in [0.717, 1.165) is 31.2 Å². The monoisotopic (exact) mass is 355 g/mol. The van der Waals surface area contributed by atoms with Gasteiger partial charge in [-0.05, 0) is 43.0 Å². The van der Waals surface area contributed by atoms with Gasteiger partial charge in [-0.3, -0.25) is 9.97 Å². The number of carbonyl (C=O) groups excluding carboxylic acids is 1. The number of ether oxygens (including phenoxy) is 1. The number of nitrogens with one attached hydrogen (secondary N) is 1. The van der Waals surface area contributed by atoms with Crippen LogP contribution in [0, 0.1) is 0 Å². The molecule has 2 aromatic heterocycles. The molecule has 1 aliphatic carbocycles. The normalized spacial score (nSPS) is 22.8. The van der Waals surface area contributed by atoms with Gasteiger partial charge in [0.05, 0.1) is 16.0 Å². The summed E-state index contributed by atoms with van der Waals surface area (Å²) in [5.74, 6) is -0.346. The molecule has 0 radical (unpaired) electrons. The quantitative estimate of drug-likeness (QED) is 0.672. The van der Waals surface area contributed by atoms with Crippen LogP contribution in [0.3, 0.4) is 0 Å². The van der Waals surface area contributed by atoms with Crippen LogP contribution >= 0.6 is 12.2 Å². The van der Waals surface area contributed by atoms with Gasteiger partial charge in [-0.25, -0.2) is 4.79 Å². The molecule has 0 saturated heterocycles. The van der Waals surface area contributed by atoms with E-state index in [1.54, 1.807) is 30.7 Å². The van der Waals surface area contributed by atoms with Crippen molar-refractivity contribution in [3.8, 4) is 0 Å². The largest absolute Gasteiger partial charge is 0.457 e. The molecule has 6 heteroatoms. The zero-order chi connectivity index (χ0) is 17.7. The van der Waals surface area contributed by atoms with E-state index in [0.29, 0.717) is 10.6 Å². The number of aromatic nitrogens is 2. The van der Waals surface area contributed by atoms with E-state index in [4.69, 9.17) is 17.0 Å². The minimum atomic E-state index is -0.542. The maximum atomic E-state index is 12.6. The minimum absolute atomic E-state index is 0.328. The van der Waals surface area contributed by atoms with Crippen LogP contribution in [0.5, 0.6) is 0 Å². The van der Waals surface area contributed by atoms with Crippen LogP contribution in [0.4, 0.5) is 0 Å². The number of hydrogen-bond acceptors (Lipinski definition) is 5. The number of likely N-dealkylation sites (N-methyl/N-ethyl adjacent to an activating group) is 1. The van der Waals surface area contributed by atoms with Gasteiger partial charge < -0.3 is 10.1 Å². The number of rotatable bonds is 4. The van der Waals surface area contributed by atoms with Gasteiger partial charge >= 0.3 is 5.97 Å². The second kappa shape index (κ2) is 7.70. The third-order valence-corrected chi connectivity index (χ3v) is 5.38. The first-order valence-electron chi connectivity index (χ1n) is 8.42. The average molecular weight is 355 g/mol. The summed E-state index contributed by atoms with van der Waals surface area (Å²) in [4.78, 5) is 21.5. The fourth-order valence-corrected chi connectivity index (χ4v) is 3.91. The fraction of sp³-hybridized carbons (Fsp3) is 0.368. The van der Waals surface area contributed by atoms with Crippen LogP contribution in [0.15, 0.2) is 49.1 Å². The molecule has 0 bridgehead atoms. The van der Waals surface area contributed by atoms with Crippen molar-refractivity contribution in [2.45, 2.75) is 37.2 Å². The Morgan fingerprint density at radius 3 is 2.72 bits per heavy atom. The highest BCUT2D eigenvalue weighted by Gasteiger charge is 2.48. The van der Waals surface area contributed by atoms with Crippen molar-refractivity contribution in [2.75, 3.05) is 7.05 Å². The standard InChI is InChI=1S/C19H21N3O2S/c1-20-18(25)19(15-5-4-10-22-13-15)9-3-2-6-16(19)24-17(23)14-7-11-21-12-8-14/h4-5,7-8,10-13,16H,2-3,6,9H2,1H3,(H,20,25). The van der Waals surface area contributed by atoms with Gasteiger partial charge in [0, 0.05) is 31.8 Å². The Morgan fingerprint density at radius 1 is 1.24 bits per heavy atom. The third-order valence-electron chi connectivity index (χ3n) is 4.81. The van der Waals surface area contributed by atoms with Crippen LogP contribution in [-0.2, 0) is 10.2 Å². The zero-order valence-corrected chi connectivity index (χ0v) is 15.0. The summed E-state index contributed by atoms with van der Waals surface area (Å²) >= 11 is 5.68. The molecule has 25 heavy (non-hydrogen) atoms. The molecule has 1 saturated carbocycles. The van der Waals surface area contributed by atoms with Crippen molar-refractivity contribution < 1.29 is 9.53 Å². The number of hydrogen-bond donors (Lipinski definition) is 1. The molecule has 2 heterocycles. The maximum absolute atomic E-state index is 12.6. The smallest absolute Gasteiger partial charge is 0.338 e. The predicted molar refractivity (Wildman–Crippen MR) is 99.5 cm³/mol. The lowest BCUT2D eigenvalue weighted by Crippen LogP contribution is -2.53. The van der Waals surface area contributed by atoms with Crippen molar-refractivity contribution in [3.05, 3.63) is 60.2 Å². The van der Waals surface area contributed by atoms with Crippen molar-refractivity contribution >= 4 is 23.2 Å². The molecule has 2 unspecified atom stereocenters. The molecule has 3 rings (SSSR count). The van der Waals surface area contributed by atoms with Crippen LogP contribution in [-0.4, -0.2) is 34.1 Å². The third kappa shape index (κ3) is 3.39. The van der Waals surface area contributed by atoms with Crippen LogP contribution in [0.1, 0.15) is 41.6 Å². The van der Waals surface area contributed by atoms with E-state index >= 15 is 0 Å². The zero-order valence-electron chi connectivity index (χ0n) is 14.1. The second-order valence-electron chi connectivity index (χ2n) is 6.17. The molecule has 0 aromatic carbocycles. The predicted octanol–water partition coefficient (Wildman–Crippen LogP) is 3.06. The number of pyridine rings is 2. The van der Waals surface area contributed by atoms with E-state index in [-0.39, 0.29) is 12.1 Å². The molecule has 1 fully saturated rings. The fourth-order valence-electron chi connectivity index (χ4n) is 3.56. The lowest BCUT2D eigenvalue weighted by atomic mass is 9.67. The van der Waals surface area contributed by atoms with Crippen molar-refractivity contribution in [2.24, 2.45) is 0 Å². The summed E-state index contributed by atoms with van der Waals surface area (Å²) in [6.07, 6.45) is 10.0. The molecule has 5 nitrogen and oxygen atoms in total. The number of nitrogens with zero attached hydrogens (tertiary/aromatic N) is 2. The van der Waals surface area contributed by atoms with Crippen LogP contribution < -0.4 is 5.32 Å². The molecule has 2 atom stereocenters. The summed E-state index contributed by atoms with van der Waals surface area (Å²) < 4.78 is 5.95. The van der Waals surface area contributed by atoms with Gasteiger partial charge in [-0.15, -0.1) is 0 Å². The first-order chi connectivity index (χ1) is 12.2. The van der Waals surface area contributed by atoms with Gasteiger partial charge in [0.2, 0.25) is 0 Å². The van der Waals surface area contributed by atoms with Gasteiger partial charge in [0.15, 0.2) is 0 Å². The molecule has 0 aliphatic heterocycles. The Kier molecular flexibility index (Phi) is 5.38. The summed E-state index contributed by atoms with van der Waals surface area (Å²) in [5.41, 5.74) is 0.942. The summed E-state index contributed by atoms with van der Waals surface area (Å²) in [5, 5.41) is 3.12. The molecule has 1 N–H and O–H groups in total. The molecule has 130 valence electrons. The molecule has 1 aliphatic rings. The lowest BCUT2D eigenvalue weighted by Gasteiger charge is -2.43. The minimum Gasteiger partial charge on any atom is -0.457 e. The van der Waals surface area contributed by atoms with E-state index < -0.39 is 5.41 Å². The van der Waals surface area contributed by atoms with E-state index in [2.05, 4.69) is 15.3 Å². The van der Waals surface area contributed by atoms with Crippen molar-refractivity contribution in [1.82, 2.24) is 15.3 Å². The first-order valence-corrected chi connectivity index (χ1v) is 8.83. The lowest BCUT2D eigenvalue weighted by molar-refractivity contribution is 0.00429. The van der Waals surface area contributed by atoms with Gasteiger partial charge in [0.25, 0.3) is 0 Å². The summed E-state index contributed by atoms with van der Waals surface area (Å²) in [6.45, 7) is 0. The van der Waals surface area contributed by atoms with Gasteiger partial charge in [0.1, 0.15) is 6.10 Å². The van der Waals surface area contributed by atoms with Gasteiger partial charge in [-0.2, -0.15) is 0 Å². The van der Waals surface area contributed by atoms with E-state index in [9.17, 15) is 4.79 Å². The second-order valence-corrected chi connectivity index (χ2v) is 6.58. The Bertz CT molecular complexity index is 739. The molecule has 0 amide bonds. The van der Waals surface area contributed by atoms with Crippen LogP contribution in [0.25, 0.3) is 0 Å². The topological polar surface area (TPSA) is 64.1 Å². The Morgan fingerprint density at radius 2 is 2.04 bits per heavy atom. The first kappa shape index (κ1) is 17.5. The van der Waals surface area contributed by atoms with Crippen molar-refractivity contribution in [1.29, 1.82) is 0 Å². The molecule has 2 aromatic rings. The molecular formula is C19H21N3O2S. The van der Waals surface area contributed by atoms with Gasteiger partial charge in [-0.1, -0.05) is 24.7 Å². The Balaban J connectivity index is 1.97. The number of thiocarbonyl (C=S) groups is 1. The van der Waals surface area contributed by atoms with E-state index in [1.807, 2.05) is 25.4 Å². The number of carbonyl (C=O) groups is 1. The van der Waals surface area contributed by atoms with Crippen molar-refractivity contribution in [3.63, 3.8) is 0 Å². The molecule has 0 spiro atoms. The highest BCUT2D eigenvalue weighted by Crippen LogP contribution is 2.42. The Labute approximate surface area is 152 Å². The Hall–Kier alpha value is -2.34. The summed E-state index contributed by atoms with van der Waals surface area (Å²) in [7, 11) is 1.82. The average Bonchev–Trinajstić information content (AvgIpc) is 2.69. The highest BCUT2D eigenvalue weighted by molar-refractivity contribution is 7.80. The number of esters is 1. The SMILES string of the molecule is CNC(=S)C1(c2cccnc2)CCCCC1OC(=O)c1ccncc1.